The van der Waals surface area contributed by atoms with Crippen LogP contribution in [0, 0.1) is 0 Å². The fraction of sp³-hybridized carbons (Fsp3) is 0.400. The number of amides is 1. The Labute approximate surface area is 162 Å². The zero-order chi connectivity index (χ0) is 19.2. The molecule has 3 rings (SSSR count). The van der Waals surface area contributed by atoms with Gasteiger partial charge in [-0.3, -0.25) is 14.3 Å². The Morgan fingerprint density at radius 2 is 2.11 bits per heavy atom. The van der Waals surface area contributed by atoms with E-state index in [4.69, 9.17) is 4.42 Å². The molecule has 0 fully saturated rings. The molecule has 1 atom stereocenters. The fourth-order valence-corrected chi connectivity index (χ4v) is 3.75. The van der Waals surface area contributed by atoms with Crippen LogP contribution in [0.1, 0.15) is 25.1 Å². The summed E-state index contributed by atoms with van der Waals surface area (Å²) in [5, 5.41) is 5.01. The monoisotopic (exact) mass is 387 g/mol. The lowest BCUT2D eigenvalue weighted by atomic mass is 10.2. The molecule has 0 aliphatic carbocycles. The Kier molecular flexibility index (Phi) is 6.47. The highest BCUT2D eigenvalue weighted by Gasteiger charge is 2.15. The van der Waals surface area contributed by atoms with Crippen LogP contribution in [0.3, 0.4) is 0 Å². The van der Waals surface area contributed by atoms with Gasteiger partial charge < -0.3 is 9.73 Å². The number of oxazole rings is 1. The minimum Gasteiger partial charge on any atom is -0.408 e. The topological polar surface area (TPSA) is 67.5 Å². The van der Waals surface area contributed by atoms with Gasteiger partial charge in [0.15, 0.2) is 5.58 Å². The van der Waals surface area contributed by atoms with Gasteiger partial charge in [0.25, 0.3) is 0 Å². The summed E-state index contributed by atoms with van der Waals surface area (Å²) in [6.07, 6.45) is 1.05. The first-order chi connectivity index (χ1) is 13.1. The van der Waals surface area contributed by atoms with Crippen molar-refractivity contribution in [2.75, 3.05) is 13.1 Å². The van der Waals surface area contributed by atoms with Gasteiger partial charge in [-0.2, -0.15) is 0 Å². The summed E-state index contributed by atoms with van der Waals surface area (Å²) >= 11 is 1.75. The highest BCUT2D eigenvalue weighted by molar-refractivity contribution is 7.09. The van der Waals surface area contributed by atoms with E-state index in [2.05, 4.69) is 41.6 Å². The predicted molar refractivity (Wildman–Crippen MR) is 108 cm³/mol. The number of fused-ring (bicyclic) bond motifs is 1. The zero-order valence-electron chi connectivity index (χ0n) is 15.7. The Balaban J connectivity index is 1.56. The van der Waals surface area contributed by atoms with Crippen LogP contribution in [0.2, 0.25) is 0 Å². The number of rotatable bonds is 9. The maximum Gasteiger partial charge on any atom is 0.420 e. The Bertz CT molecular complexity index is 930. The molecule has 0 aliphatic rings. The van der Waals surface area contributed by atoms with Crippen LogP contribution in [0.25, 0.3) is 11.1 Å². The van der Waals surface area contributed by atoms with Crippen LogP contribution in [-0.2, 0) is 17.9 Å². The molecule has 1 amide bonds. The largest absolute Gasteiger partial charge is 0.420 e. The molecule has 0 saturated heterocycles. The summed E-state index contributed by atoms with van der Waals surface area (Å²) in [5.74, 6) is -0.700. The highest BCUT2D eigenvalue weighted by atomic mass is 32.1. The van der Waals surface area contributed by atoms with Gasteiger partial charge in [-0.1, -0.05) is 25.1 Å². The van der Waals surface area contributed by atoms with E-state index in [1.54, 1.807) is 29.5 Å². The molecule has 1 unspecified atom stereocenters. The number of carbonyl (C=O) groups is 1. The molecule has 0 spiro atoms. The lowest BCUT2D eigenvalue weighted by Crippen LogP contribution is -2.40. The van der Waals surface area contributed by atoms with Crippen LogP contribution in [-0.4, -0.2) is 34.5 Å². The Morgan fingerprint density at radius 1 is 1.30 bits per heavy atom. The quantitative estimate of drug-likeness (QED) is 0.613. The SMILES string of the molecule is CCC(C)N(CCNC(=O)Cn1c(=O)oc2ccccc21)Cc1cccs1. The number of para-hydroxylation sites is 2. The average Bonchev–Trinajstić information content (AvgIpc) is 3.28. The molecule has 27 heavy (non-hydrogen) atoms. The Hall–Kier alpha value is -2.38. The summed E-state index contributed by atoms with van der Waals surface area (Å²) in [6, 6.07) is 11.7. The van der Waals surface area contributed by atoms with Crippen molar-refractivity contribution < 1.29 is 9.21 Å². The van der Waals surface area contributed by atoms with Gasteiger partial charge in [0, 0.05) is 30.6 Å². The van der Waals surface area contributed by atoms with E-state index in [1.807, 2.05) is 6.07 Å². The van der Waals surface area contributed by atoms with Gasteiger partial charge in [0.1, 0.15) is 6.54 Å². The zero-order valence-corrected chi connectivity index (χ0v) is 16.5. The van der Waals surface area contributed by atoms with E-state index in [0.717, 1.165) is 19.5 Å². The van der Waals surface area contributed by atoms with E-state index in [0.29, 0.717) is 23.7 Å². The number of nitrogens with zero attached hydrogens (tertiary/aromatic N) is 2. The van der Waals surface area contributed by atoms with Crippen molar-refractivity contribution >= 4 is 28.3 Å². The first kappa shape index (κ1) is 19.4. The highest BCUT2D eigenvalue weighted by Crippen LogP contribution is 2.15. The predicted octanol–water partition coefficient (Wildman–Crippen LogP) is 3.07. The molecule has 1 aromatic carbocycles. The average molecular weight is 388 g/mol. The number of carbonyl (C=O) groups excluding carboxylic acids is 1. The van der Waals surface area contributed by atoms with Crippen molar-refractivity contribution in [1.29, 1.82) is 0 Å². The number of nitrogens with one attached hydrogen (secondary N) is 1. The normalized spacial score (nSPS) is 12.6. The second kappa shape index (κ2) is 9.01. The lowest BCUT2D eigenvalue weighted by Gasteiger charge is -2.28. The van der Waals surface area contributed by atoms with Gasteiger partial charge in [0.05, 0.1) is 5.52 Å². The van der Waals surface area contributed by atoms with Crippen molar-refractivity contribution in [3.63, 3.8) is 0 Å². The lowest BCUT2D eigenvalue weighted by molar-refractivity contribution is -0.121. The summed E-state index contributed by atoms with van der Waals surface area (Å²) in [7, 11) is 0. The minimum atomic E-state index is -0.509. The molecular formula is C20H25N3O3S. The number of hydrogen-bond donors (Lipinski definition) is 1. The molecular weight excluding hydrogens is 362 g/mol. The maximum atomic E-state index is 12.3. The Morgan fingerprint density at radius 3 is 2.85 bits per heavy atom. The van der Waals surface area contributed by atoms with Crippen LogP contribution >= 0.6 is 11.3 Å². The third kappa shape index (κ3) is 4.87. The summed E-state index contributed by atoms with van der Waals surface area (Å²) in [5.41, 5.74) is 1.13. The van der Waals surface area contributed by atoms with Crippen molar-refractivity contribution in [1.82, 2.24) is 14.8 Å². The van der Waals surface area contributed by atoms with Crippen LogP contribution in [0.4, 0.5) is 0 Å². The first-order valence-electron chi connectivity index (χ1n) is 9.20. The van der Waals surface area contributed by atoms with Gasteiger partial charge in [-0.15, -0.1) is 11.3 Å². The molecule has 0 aliphatic heterocycles. The number of benzene rings is 1. The smallest absolute Gasteiger partial charge is 0.408 e. The molecule has 0 saturated carbocycles. The van der Waals surface area contributed by atoms with Crippen LogP contribution in [0.15, 0.2) is 51.0 Å². The molecule has 2 heterocycles. The summed E-state index contributed by atoms with van der Waals surface area (Å²) in [4.78, 5) is 28.0. The van der Waals surface area contributed by atoms with E-state index in [9.17, 15) is 9.59 Å². The fourth-order valence-electron chi connectivity index (χ4n) is 3.02. The first-order valence-corrected chi connectivity index (χ1v) is 10.1. The molecule has 0 radical (unpaired) electrons. The van der Waals surface area contributed by atoms with Gasteiger partial charge >= 0.3 is 5.76 Å². The van der Waals surface area contributed by atoms with Crippen molar-refractivity contribution in [2.24, 2.45) is 0 Å². The van der Waals surface area contributed by atoms with Gasteiger partial charge in [-0.05, 0) is 36.9 Å². The van der Waals surface area contributed by atoms with Crippen molar-refractivity contribution in [3.8, 4) is 0 Å². The maximum absolute atomic E-state index is 12.3. The third-order valence-corrected chi connectivity index (χ3v) is 5.61. The molecule has 7 heteroatoms. The second-order valence-corrected chi connectivity index (χ2v) is 7.61. The standard InChI is InChI=1S/C20H25N3O3S/c1-3-15(2)22(13-16-7-6-12-27-16)11-10-21-19(24)14-23-17-8-4-5-9-18(17)26-20(23)25/h4-9,12,15H,3,10-11,13-14H2,1-2H3,(H,21,24). The van der Waals surface area contributed by atoms with E-state index >= 15 is 0 Å². The van der Waals surface area contributed by atoms with E-state index in [-0.39, 0.29) is 12.5 Å². The number of hydrogen-bond acceptors (Lipinski definition) is 5. The molecule has 1 N–H and O–H groups in total. The third-order valence-electron chi connectivity index (χ3n) is 4.75. The second-order valence-electron chi connectivity index (χ2n) is 6.58. The molecule has 6 nitrogen and oxygen atoms in total. The van der Waals surface area contributed by atoms with Crippen molar-refractivity contribution in [2.45, 2.75) is 39.4 Å². The van der Waals surface area contributed by atoms with Crippen LogP contribution < -0.4 is 11.1 Å². The van der Waals surface area contributed by atoms with Gasteiger partial charge in [0.2, 0.25) is 5.91 Å². The van der Waals surface area contributed by atoms with E-state index < -0.39 is 5.76 Å². The van der Waals surface area contributed by atoms with Gasteiger partial charge in [-0.25, -0.2) is 4.79 Å². The molecule has 2 aromatic heterocycles. The summed E-state index contributed by atoms with van der Waals surface area (Å²) in [6.45, 7) is 6.52. The molecule has 144 valence electrons. The van der Waals surface area contributed by atoms with E-state index in [1.165, 1.54) is 9.44 Å². The van der Waals surface area contributed by atoms with Crippen molar-refractivity contribution in [3.05, 3.63) is 57.2 Å². The number of thiophene rings is 1. The minimum absolute atomic E-state index is 0.0376. The molecule has 0 bridgehead atoms. The summed E-state index contributed by atoms with van der Waals surface area (Å²) < 4.78 is 6.53. The van der Waals surface area contributed by atoms with Crippen LogP contribution in [0.5, 0.6) is 0 Å². The number of aromatic nitrogens is 1. The molecule has 3 aromatic rings.